The minimum absolute atomic E-state index is 0.347. The maximum Gasteiger partial charge on any atom is 0.337 e. The third kappa shape index (κ3) is 3.67. The molecule has 0 radical (unpaired) electrons. The van der Waals surface area contributed by atoms with Gasteiger partial charge in [0.1, 0.15) is 12.7 Å². The molecule has 0 atom stereocenters. The lowest BCUT2D eigenvalue weighted by Gasteiger charge is -2.11. The van der Waals surface area contributed by atoms with E-state index in [9.17, 15) is 9.59 Å². The Morgan fingerprint density at radius 1 is 1.12 bits per heavy atom. The third-order valence-corrected chi connectivity index (χ3v) is 3.68. The monoisotopic (exact) mass is 356 g/mol. The second-order valence-electron chi connectivity index (χ2n) is 5.02. The van der Waals surface area contributed by atoms with E-state index in [4.69, 9.17) is 11.6 Å². The van der Waals surface area contributed by atoms with Crippen LogP contribution in [0.5, 0.6) is 0 Å². The van der Waals surface area contributed by atoms with Gasteiger partial charge < -0.3 is 10.1 Å². The number of methoxy groups -OCH3 is 1. The van der Waals surface area contributed by atoms with Crippen molar-refractivity contribution in [2.45, 2.75) is 0 Å². The summed E-state index contributed by atoms with van der Waals surface area (Å²) < 4.78 is 6.15. The highest BCUT2D eigenvalue weighted by atomic mass is 35.5. The fraction of sp³-hybridized carbons (Fsp3) is 0.0588. The van der Waals surface area contributed by atoms with Crippen LogP contribution in [0.1, 0.15) is 20.7 Å². The number of aromatic nitrogens is 3. The number of carbonyl (C=O) groups excluding carboxylic acids is 2. The van der Waals surface area contributed by atoms with E-state index in [2.05, 4.69) is 20.1 Å². The molecule has 0 saturated heterocycles. The standard InChI is InChI=1S/C17H13ClN4O3/c1-25-17(24)12-4-2-11(3-5-12)16(23)21-14-8-13(18)6-7-15(14)22-10-19-9-20-22/h2-10H,1H3,(H,21,23). The fourth-order valence-corrected chi connectivity index (χ4v) is 2.38. The molecule has 1 N–H and O–H groups in total. The largest absolute Gasteiger partial charge is 0.465 e. The fourth-order valence-electron chi connectivity index (χ4n) is 2.21. The molecule has 0 bridgehead atoms. The van der Waals surface area contributed by atoms with Crippen LogP contribution in [0, 0.1) is 0 Å². The van der Waals surface area contributed by atoms with E-state index >= 15 is 0 Å². The van der Waals surface area contributed by atoms with Gasteiger partial charge in [0.05, 0.1) is 24.0 Å². The molecule has 126 valence electrons. The summed E-state index contributed by atoms with van der Waals surface area (Å²) in [6, 6.07) is 11.2. The average molecular weight is 357 g/mol. The first-order chi connectivity index (χ1) is 12.1. The number of hydrogen-bond acceptors (Lipinski definition) is 5. The van der Waals surface area contributed by atoms with Gasteiger partial charge >= 0.3 is 5.97 Å². The van der Waals surface area contributed by atoms with Crippen LogP contribution in [-0.4, -0.2) is 33.8 Å². The quantitative estimate of drug-likeness (QED) is 0.726. The smallest absolute Gasteiger partial charge is 0.337 e. The van der Waals surface area contributed by atoms with Crippen LogP contribution >= 0.6 is 11.6 Å². The molecule has 7 nitrogen and oxygen atoms in total. The summed E-state index contributed by atoms with van der Waals surface area (Å²) in [6.45, 7) is 0. The van der Waals surface area contributed by atoms with Crippen molar-refractivity contribution in [1.29, 1.82) is 0 Å². The van der Waals surface area contributed by atoms with Crippen molar-refractivity contribution in [2.75, 3.05) is 12.4 Å². The number of benzene rings is 2. The summed E-state index contributed by atoms with van der Waals surface area (Å²) in [4.78, 5) is 27.8. The first-order valence-corrected chi connectivity index (χ1v) is 7.60. The zero-order valence-corrected chi connectivity index (χ0v) is 13.9. The van der Waals surface area contributed by atoms with Crippen LogP contribution < -0.4 is 5.32 Å². The number of anilines is 1. The van der Waals surface area contributed by atoms with Crippen molar-refractivity contribution in [3.63, 3.8) is 0 Å². The number of esters is 1. The lowest BCUT2D eigenvalue weighted by Crippen LogP contribution is -2.14. The predicted octanol–water partition coefficient (Wildman–Crippen LogP) is 2.96. The second kappa shape index (κ2) is 7.14. The number of halogens is 1. The van der Waals surface area contributed by atoms with E-state index < -0.39 is 5.97 Å². The second-order valence-corrected chi connectivity index (χ2v) is 5.46. The van der Waals surface area contributed by atoms with Gasteiger partial charge in [-0.05, 0) is 42.5 Å². The molecule has 3 aromatic rings. The van der Waals surface area contributed by atoms with E-state index in [1.165, 1.54) is 36.6 Å². The van der Waals surface area contributed by atoms with Crippen molar-refractivity contribution in [2.24, 2.45) is 0 Å². The van der Waals surface area contributed by atoms with Gasteiger partial charge in [0, 0.05) is 10.6 Å². The van der Waals surface area contributed by atoms with Gasteiger partial charge in [0.15, 0.2) is 0 Å². The highest BCUT2D eigenvalue weighted by molar-refractivity contribution is 6.31. The number of nitrogens with zero attached hydrogens (tertiary/aromatic N) is 3. The third-order valence-electron chi connectivity index (χ3n) is 3.44. The Morgan fingerprint density at radius 2 is 1.84 bits per heavy atom. The van der Waals surface area contributed by atoms with E-state index in [1.807, 2.05) is 0 Å². The summed E-state index contributed by atoms with van der Waals surface area (Å²) >= 11 is 6.03. The van der Waals surface area contributed by atoms with E-state index in [-0.39, 0.29) is 5.91 Å². The summed E-state index contributed by atoms with van der Waals surface area (Å²) in [7, 11) is 1.30. The van der Waals surface area contributed by atoms with Gasteiger partial charge in [-0.3, -0.25) is 4.79 Å². The van der Waals surface area contributed by atoms with Gasteiger partial charge in [-0.15, -0.1) is 0 Å². The predicted molar refractivity (Wildman–Crippen MR) is 92.1 cm³/mol. The van der Waals surface area contributed by atoms with Crippen LogP contribution in [0.25, 0.3) is 5.69 Å². The number of hydrogen-bond donors (Lipinski definition) is 1. The number of amides is 1. The number of ether oxygens (including phenoxy) is 1. The van der Waals surface area contributed by atoms with Crippen molar-refractivity contribution >= 4 is 29.2 Å². The van der Waals surface area contributed by atoms with Crippen molar-refractivity contribution in [3.05, 3.63) is 71.3 Å². The molecule has 1 aromatic heterocycles. The van der Waals surface area contributed by atoms with Gasteiger partial charge in [0.2, 0.25) is 0 Å². The van der Waals surface area contributed by atoms with Gasteiger partial charge in [-0.1, -0.05) is 11.6 Å². The normalized spacial score (nSPS) is 10.3. The Kier molecular flexibility index (Phi) is 4.76. The summed E-state index contributed by atoms with van der Waals surface area (Å²) in [5, 5.41) is 7.32. The summed E-state index contributed by atoms with van der Waals surface area (Å²) in [6.07, 6.45) is 2.91. The van der Waals surface area contributed by atoms with Gasteiger partial charge in [0.25, 0.3) is 5.91 Å². The molecule has 0 unspecified atom stereocenters. The molecule has 0 aliphatic heterocycles. The van der Waals surface area contributed by atoms with Crippen molar-refractivity contribution < 1.29 is 14.3 Å². The molecule has 0 spiro atoms. The number of carbonyl (C=O) groups is 2. The zero-order chi connectivity index (χ0) is 17.8. The van der Waals surface area contributed by atoms with E-state index in [1.54, 1.807) is 30.3 Å². The highest BCUT2D eigenvalue weighted by Gasteiger charge is 2.13. The Bertz CT molecular complexity index is 908. The lowest BCUT2D eigenvalue weighted by molar-refractivity contribution is 0.0600. The molecule has 0 aliphatic rings. The van der Waals surface area contributed by atoms with Crippen LogP contribution in [0.2, 0.25) is 5.02 Å². The molecule has 25 heavy (non-hydrogen) atoms. The SMILES string of the molecule is COC(=O)c1ccc(C(=O)Nc2cc(Cl)ccc2-n2cncn2)cc1. The minimum Gasteiger partial charge on any atom is -0.465 e. The molecule has 1 heterocycles. The van der Waals surface area contributed by atoms with Gasteiger partial charge in [-0.2, -0.15) is 5.10 Å². The Labute approximate surface area is 148 Å². The molecule has 3 rings (SSSR count). The average Bonchev–Trinajstić information content (AvgIpc) is 3.15. The maximum atomic E-state index is 12.5. The lowest BCUT2D eigenvalue weighted by atomic mass is 10.1. The van der Waals surface area contributed by atoms with Crippen molar-refractivity contribution in [3.8, 4) is 5.69 Å². The van der Waals surface area contributed by atoms with Crippen LogP contribution in [0.3, 0.4) is 0 Å². The molecule has 8 heteroatoms. The summed E-state index contributed by atoms with van der Waals surface area (Å²) in [5.41, 5.74) is 1.86. The molecule has 0 fully saturated rings. The molecular formula is C17H13ClN4O3. The Balaban J connectivity index is 1.86. The molecule has 0 saturated carbocycles. The molecule has 1 amide bonds. The maximum absolute atomic E-state index is 12.5. The highest BCUT2D eigenvalue weighted by Crippen LogP contribution is 2.24. The van der Waals surface area contributed by atoms with Gasteiger partial charge in [-0.25, -0.2) is 14.5 Å². The number of nitrogens with one attached hydrogen (secondary N) is 1. The topological polar surface area (TPSA) is 86.1 Å². The van der Waals surface area contributed by atoms with E-state index in [0.717, 1.165) is 0 Å². The first kappa shape index (κ1) is 16.7. The number of rotatable bonds is 4. The minimum atomic E-state index is -0.463. The van der Waals surface area contributed by atoms with Crippen molar-refractivity contribution in [1.82, 2.24) is 14.8 Å². The molecule has 2 aromatic carbocycles. The van der Waals surface area contributed by atoms with Crippen LogP contribution in [0.15, 0.2) is 55.1 Å². The van der Waals surface area contributed by atoms with E-state index in [0.29, 0.717) is 27.5 Å². The molecular weight excluding hydrogens is 344 g/mol. The Hall–Kier alpha value is -3.19. The first-order valence-electron chi connectivity index (χ1n) is 7.23. The zero-order valence-electron chi connectivity index (χ0n) is 13.1. The Morgan fingerprint density at radius 3 is 2.48 bits per heavy atom. The molecule has 0 aliphatic carbocycles. The van der Waals surface area contributed by atoms with Crippen LogP contribution in [0.4, 0.5) is 5.69 Å². The van der Waals surface area contributed by atoms with Crippen LogP contribution in [-0.2, 0) is 4.74 Å². The summed E-state index contributed by atoms with van der Waals surface area (Å²) in [5.74, 6) is -0.810.